The van der Waals surface area contributed by atoms with Crippen LogP contribution in [0.3, 0.4) is 0 Å². The highest BCUT2D eigenvalue weighted by Gasteiger charge is 2.10. The average molecular weight is 295 g/mol. The number of fused-ring (bicyclic) bond motifs is 1. The Labute approximate surface area is 130 Å². The fourth-order valence-electron chi connectivity index (χ4n) is 2.80. The van der Waals surface area contributed by atoms with Gasteiger partial charge in [0.1, 0.15) is 5.82 Å². The standard InChI is InChI=1S/C18H21N3O/c1-14-20-16-9-5-6-10-18(16)21(14)12-11-19-17(13-22)15-7-3-2-4-8-15/h2-10,17,19,22H,11-13H2,1H3/t17-/m0/s1. The molecule has 4 nitrogen and oxygen atoms in total. The zero-order valence-corrected chi connectivity index (χ0v) is 12.7. The summed E-state index contributed by atoms with van der Waals surface area (Å²) in [5.41, 5.74) is 3.29. The minimum absolute atomic E-state index is 0.0312. The summed E-state index contributed by atoms with van der Waals surface area (Å²) < 4.78 is 2.21. The molecular weight excluding hydrogens is 274 g/mol. The minimum Gasteiger partial charge on any atom is -0.394 e. The van der Waals surface area contributed by atoms with Crippen molar-refractivity contribution in [2.75, 3.05) is 13.2 Å². The molecule has 4 heteroatoms. The molecule has 2 N–H and O–H groups in total. The van der Waals surface area contributed by atoms with Crippen LogP contribution < -0.4 is 5.32 Å². The second-order valence-corrected chi connectivity index (χ2v) is 5.40. The lowest BCUT2D eigenvalue weighted by Crippen LogP contribution is -2.28. The van der Waals surface area contributed by atoms with E-state index in [1.807, 2.05) is 55.5 Å². The Morgan fingerprint density at radius 1 is 1.09 bits per heavy atom. The Morgan fingerprint density at radius 2 is 1.82 bits per heavy atom. The maximum absolute atomic E-state index is 9.58. The van der Waals surface area contributed by atoms with Gasteiger partial charge in [0, 0.05) is 13.1 Å². The Kier molecular flexibility index (Phi) is 4.51. The van der Waals surface area contributed by atoms with Gasteiger partial charge in [0.15, 0.2) is 0 Å². The van der Waals surface area contributed by atoms with Gasteiger partial charge < -0.3 is 15.0 Å². The third kappa shape index (κ3) is 3.03. The molecule has 1 heterocycles. The Hall–Kier alpha value is -2.17. The van der Waals surface area contributed by atoms with E-state index in [2.05, 4.69) is 20.9 Å². The third-order valence-corrected chi connectivity index (χ3v) is 3.96. The predicted octanol–water partition coefficient (Wildman–Crippen LogP) is 2.67. The SMILES string of the molecule is Cc1nc2ccccc2n1CCN[C@@H](CO)c1ccccc1. The fraction of sp³-hybridized carbons (Fsp3) is 0.278. The molecule has 0 bridgehead atoms. The maximum Gasteiger partial charge on any atom is 0.106 e. The van der Waals surface area contributed by atoms with Crippen LogP contribution in [-0.4, -0.2) is 27.8 Å². The normalized spacial score (nSPS) is 12.6. The van der Waals surface area contributed by atoms with Gasteiger partial charge in [-0.25, -0.2) is 4.98 Å². The molecule has 2 aromatic carbocycles. The van der Waals surface area contributed by atoms with Crippen molar-refractivity contribution in [1.82, 2.24) is 14.9 Å². The molecule has 0 fully saturated rings. The van der Waals surface area contributed by atoms with Crippen molar-refractivity contribution in [2.24, 2.45) is 0 Å². The summed E-state index contributed by atoms with van der Waals surface area (Å²) in [4.78, 5) is 4.57. The highest BCUT2D eigenvalue weighted by molar-refractivity contribution is 5.75. The van der Waals surface area contributed by atoms with Crippen molar-refractivity contribution in [2.45, 2.75) is 19.5 Å². The molecule has 0 aliphatic carbocycles. The molecule has 0 spiro atoms. The first-order chi connectivity index (χ1) is 10.8. The summed E-state index contributed by atoms with van der Waals surface area (Å²) in [6, 6.07) is 18.2. The summed E-state index contributed by atoms with van der Waals surface area (Å²) in [6.07, 6.45) is 0. The molecule has 0 saturated heterocycles. The molecule has 0 amide bonds. The van der Waals surface area contributed by atoms with E-state index in [1.54, 1.807) is 0 Å². The van der Waals surface area contributed by atoms with Gasteiger partial charge in [-0.2, -0.15) is 0 Å². The molecule has 22 heavy (non-hydrogen) atoms. The summed E-state index contributed by atoms with van der Waals surface area (Å²) in [5.74, 6) is 1.02. The van der Waals surface area contributed by atoms with Crippen molar-refractivity contribution >= 4 is 11.0 Å². The lowest BCUT2D eigenvalue weighted by Gasteiger charge is -2.17. The number of nitrogens with one attached hydrogen (secondary N) is 1. The monoisotopic (exact) mass is 295 g/mol. The molecule has 1 atom stereocenters. The van der Waals surface area contributed by atoms with Crippen LogP contribution in [0.25, 0.3) is 11.0 Å². The van der Waals surface area contributed by atoms with Gasteiger partial charge in [-0.05, 0) is 24.6 Å². The lowest BCUT2D eigenvalue weighted by atomic mass is 10.1. The Morgan fingerprint density at radius 3 is 2.59 bits per heavy atom. The average Bonchev–Trinajstić information content (AvgIpc) is 2.88. The number of aliphatic hydroxyl groups excluding tert-OH is 1. The van der Waals surface area contributed by atoms with Crippen LogP contribution in [-0.2, 0) is 6.54 Å². The van der Waals surface area contributed by atoms with E-state index in [1.165, 1.54) is 0 Å². The van der Waals surface area contributed by atoms with E-state index in [-0.39, 0.29) is 12.6 Å². The zero-order chi connectivity index (χ0) is 15.4. The Balaban J connectivity index is 1.68. The van der Waals surface area contributed by atoms with Crippen LogP contribution in [0.5, 0.6) is 0 Å². The molecule has 0 aliphatic rings. The second-order valence-electron chi connectivity index (χ2n) is 5.40. The van der Waals surface area contributed by atoms with Crippen molar-refractivity contribution in [3.8, 4) is 0 Å². The van der Waals surface area contributed by atoms with Gasteiger partial charge in [-0.1, -0.05) is 42.5 Å². The summed E-state index contributed by atoms with van der Waals surface area (Å²) >= 11 is 0. The molecule has 3 rings (SSSR count). The number of nitrogens with zero attached hydrogens (tertiary/aromatic N) is 2. The summed E-state index contributed by atoms with van der Waals surface area (Å²) in [6.45, 7) is 3.73. The largest absolute Gasteiger partial charge is 0.394 e. The van der Waals surface area contributed by atoms with E-state index in [0.29, 0.717) is 0 Å². The zero-order valence-electron chi connectivity index (χ0n) is 12.7. The lowest BCUT2D eigenvalue weighted by molar-refractivity contribution is 0.243. The molecule has 0 aliphatic heterocycles. The number of benzene rings is 2. The van der Waals surface area contributed by atoms with Crippen molar-refractivity contribution in [3.05, 3.63) is 66.0 Å². The molecule has 0 unspecified atom stereocenters. The maximum atomic E-state index is 9.58. The fourth-order valence-corrected chi connectivity index (χ4v) is 2.80. The van der Waals surface area contributed by atoms with Gasteiger partial charge in [0.25, 0.3) is 0 Å². The van der Waals surface area contributed by atoms with Crippen molar-refractivity contribution < 1.29 is 5.11 Å². The quantitative estimate of drug-likeness (QED) is 0.735. The topological polar surface area (TPSA) is 50.1 Å². The molecule has 0 radical (unpaired) electrons. The van der Waals surface area contributed by atoms with Gasteiger partial charge in [-0.3, -0.25) is 0 Å². The highest BCUT2D eigenvalue weighted by atomic mass is 16.3. The van der Waals surface area contributed by atoms with Crippen LogP contribution in [0, 0.1) is 6.92 Å². The number of hydrogen-bond acceptors (Lipinski definition) is 3. The van der Waals surface area contributed by atoms with E-state index >= 15 is 0 Å². The van der Waals surface area contributed by atoms with E-state index in [4.69, 9.17) is 0 Å². The van der Waals surface area contributed by atoms with Gasteiger partial charge in [0.05, 0.1) is 23.7 Å². The predicted molar refractivity (Wildman–Crippen MR) is 88.7 cm³/mol. The first-order valence-corrected chi connectivity index (χ1v) is 7.60. The first-order valence-electron chi connectivity index (χ1n) is 7.60. The summed E-state index contributed by atoms with van der Waals surface area (Å²) in [7, 11) is 0. The minimum atomic E-state index is -0.0312. The number of aromatic nitrogens is 2. The van der Waals surface area contributed by atoms with Crippen LogP contribution in [0.4, 0.5) is 0 Å². The van der Waals surface area contributed by atoms with Crippen molar-refractivity contribution in [3.63, 3.8) is 0 Å². The molecule has 0 saturated carbocycles. The van der Waals surface area contributed by atoms with Gasteiger partial charge in [-0.15, -0.1) is 0 Å². The number of para-hydroxylation sites is 2. The molecule has 114 valence electrons. The smallest absolute Gasteiger partial charge is 0.106 e. The van der Waals surface area contributed by atoms with E-state index in [9.17, 15) is 5.11 Å². The molecule has 1 aromatic heterocycles. The summed E-state index contributed by atoms with van der Waals surface area (Å²) in [5, 5.41) is 13.0. The van der Waals surface area contributed by atoms with E-state index < -0.39 is 0 Å². The van der Waals surface area contributed by atoms with Gasteiger partial charge >= 0.3 is 0 Å². The number of imidazole rings is 1. The molecular formula is C18H21N3O. The number of rotatable bonds is 6. The first kappa shape index (κ1) is 14.8. The highest BCUT2D eigenvalue weighted by Crippen LogP contribution is 2.15. The van der Waals surface area contributed by atoms with Crippen LogP contribution >= 0.6 is 0 Å². The number of aliphatic hydroxyl groups is 1. The van der Waals surface area contributed by atoms with Crippen LogP contribution in [0.15, 0.2) is 54.6 Å². The van der Waals surface area contributed by atoms with Gasteiger partial charge in [0.2, 0.25) is 0 Å². The van der Waals surface area contributed by atoms with Crippen LogP contribution in [0.2, 0.25) is 0 Å². The van der Waals surface area contributed by atoms with E-state index in [0.717, 1.165) is 35.5 Å². The number of hydrogen-bond donors (Lipinski definition) is 2. The van der Waals surface area contributed by atoms with Crippen LogP contribution in [0.1, 0.15) is 17.4 Å². The third-order valence-electron chi connectivity index (χ3n) is 3.96. The van der Waals surface area contributed by atoms with Crippen molar-refractivity contribution in [1.29, 1.82) is 0 Å². The Bertz CT molecular complexity index is 736. The second kappa shape index (κ2) is 6.73. The number of aryl methyl sites for hydroxylation is 1. The molecule has 3 aromatic rings.